The Morgan fingerprint density at radius 2 is 1.95 bits per heavy atom. The van der Waals surface area contributed by atoms with Gasteiger partial charge in [0.25, 0.3) is 0 Å². The van der Waals surface area contributed by atoms with Gasteiger partial charge in [-0.15, -0.1) is 0 Å². The van der Waals surface area contributed by atoms with Crippen molar-refractivity contribution in [2.24, 2.45) is 0 Å². The van der Waals surface area contributed by atoms with Gasteiger partial charge in [-0.05, 0) is 25.1 Å². The lowest BCUT2D eigenvalue weighted by molar-refractivity contribution is -0.144. The van der Waals surface area contributed by atoms with Gasteiger partial charge in [0.1, 0.15) is 11.5 Å². The largest absolute Gasteiger partial charge is 0.508 e. The van der Waals surface area contributed by atoms with E-state index in [1.54, 1.807) is 6.92 Å². The molecule has 0 atom stereocenters. The van der Waals surface area contributed by atoms with Gasteiger partial charge in [-0.3, -0.25) is 9.69 Å². The molecule has 0 aromatic heterocycles. The molecule has 0 aliphatic carbocycles. The van der Waals surface area contributed by atoms with Crippen LogP contribution in [-0.4, -0.2) is 46.7 Å². The number of ketones is 1. The molecule has 0 radical (unpaired) electrons. The Morgan fingerprint density at radius 3 is 2.45 bits per heavy atom. The molecular formula is C13H16F3NO3. The lowest BCUT2D eigenvalue weighted by Gasteiger charge is -2.22. The van der Waals surface area contributed by atoms with E-state index in [9.17, 15) is 23.1 Å². The fourth-order valence-electron chi connectivity index (χ4n) is 1.83. The second-order valence-electron chi connectivity index (χ2n) is 4.45. The average Bonchev–Trinajstić information content (AvgIpc) is 2.26. The van der Waals surface area contributed by atoms with Gasteiger partial charge in [0.15, 0.2) is 5.78 Å². The van der Waals surface area contributed by atoms with E-state index < -0.39 is 30.8 Å². The van der Waals surface area contributed by atoms with Crippen LogP contribution in [0.25, 0.3) is 0 Å². The van der Waals surface area contributed by atoms with E-state index in [0.717, 1.165) is 11.0 Å². The number of carbonyl (C=O) groups excluding carboxylic acids is 1. The number of Topliss-reactive ketones (excluding diaryl/α,β-unsaturated/α-hetero) is 1. The first-order valence-electron chi connectivity index (χ1n) is 6.07. The van der Waals surface area contributed by atoms with Gasteiger partial charge in [0, 0.05) is 6.07 Å². The van der Waals surface area contributed by atoms with E-state index in [0.29, 0.717) is 6.42 Å². The van der Waals surface area contributed by atoms with E-state index in [4.69, 9.17) is 5.11 Å². The molecule has 0 bridgehead atoms. The standard InChI is InChI=1S/C13H16F3NO3/c1-2-5-17(8-13(14,15)16)7-12(20)10-4-3-9(18)6-11(10)19/h3-4,6,18-19H,2,5,7-8H2,1H3. The number of alkyl halides is 3. The summed E-state index contributed by atoms with van der Waals surface area (Å²) in [7, 11) is 0. The topological polar surface area (TPSA) is 60.8 Å². The predicted molar refractivity (Wildman–Crippen MR) is 66.9 cm³/mol. The number of nitrogens with zero attached hydrogens (tertiary/aromatic N) is 1. The van der Waals surface area contributed by atoms with Crippen molar-refractivity contribution in [3.8, 4) is 11.5 Å². The van der Waals surface area contributed by atoms with Crippen molar-refractivity contribution in [3.63, 3.8) is 0 Å². The Hall–Kier alpha value is -1.76. The maximum atomic E-state index is 12.4. The van der Waals surface area contributed by atoms with Crippen molar-refractivity contribution in [3.05, 3.63) is 23.8 Å². The number of benzene rings is 1. The maximum Gasteiger partial charge on any atom is 0.401 e. The second-order valence-corrected chi connectivity index (χ2v) is 4.45. The van der Waals surface area contributed by atoms with E-state index in [1.807, 2.05) is 0 Å². The van der Waals surface area contributed by atoms with Crippen LogP contribution in [0.1, 0.15) is 23.7 Å². The zero-order chi connectivity index (χ0) is 15.3. The molecule has 1 rings (SSSR count). The normalized spacial score (nSPS) is 11.8. The summed E-state index contributed by atoms with van der Waals surface area (Å²) in [6, 6.07) is 3.35. The number of rotatable bonds is 6. The van der Waals surface area contributed by atoms with Crippen LogP contribution in [0, 0.1) is 0 Å². The van der Waals surface area contributed by atoms with E-state index >= 15 is 0 Å². The lowest BCUT2D eigenvalue weighted by Crippen LogP contribution is -2.38. The van der Waals surface area contributed by atoms with Crippen LogP contribution in [0.15, 0.2) is 18.2 Å². The monoisotopic (exact) mass is 291 g/mol. The first-order valence-corrected chi connectivity index (χ1v) is 6.07. The molecule has 7 heteroatoms. The highest BCUT2D eigenvalue weighted by molar-refractivity contribution is 6.00. The quantitative estimate of drug-likeness (QED) is 0.791. The van der Waals surface area contributed by atoms with Crippen LogP contribution < -0.4 is 0 Å². The molecule has 2 N–H and O–H groups in total. The number of phenolic OH excluding ortho intramolecular Hbond substituents is 2. The van der Waals surface area contributed by atoms with Gasteiger partial charge < -0.3 is 10.2 Å². The Kier molecular flexibility index (Phi) is 5.38. The summed E-state index contributed by atoms with van der Waals surface area (Å²) in [4.78, 5) is 12.9. The van der Waals surface area contributed by atoms with Crippen molar-refractivity contribution < 1.29 is 28.2 Å². The maximum absolute atomic E-state index is 12.4. The van der Waals surface area contributed by atoms with Crippen LogP contribution in [0.2, 0.25) is 0 Å². The molecule has 0 saturated heterocycles. The van der Waals surface area contributed by atoms with Gasteiger partial charge in [0.05, 0.1) is 18.7 Å². The molecule has 0 aliphatic heterocycles. The Morgan fingerprint density at radius 1 is 1.30 bits per heavy atom. The van der Waals surface area contributed by atoms with Crippen molar-refractivity contribution in [2.45, 2.75) is 19.5 Å². The molecular weight excluding hydrogens is 275 g/mol. The minimum absolute atomic E-state index is 0.105. The summed E-state index contributed by atoms with van der Waals surface area (Å²) in [6.07, 6.45) is -3.91. The highest BCUT2D eigenvalue weighted by Crippen LogP contribution is 2.24. The molecule has 0 saturated carbocycles. The summed E-state index contributed by atoms with van der Waals surface area (Å²) in [5.41, 5.74) is -0.105. The Bertz CT molecular complexity index is 474. The van der Waals surface area contributed by atoms with Gasteiger partial charge in [0.2, 0.25) is 0 Å². The van der Waals surface area contributed by atoms with Crippen LogP contribution in [0.5, 0.6) is 11.5 Å². The minimum Gasteiger partial charge on any atom is -0.508 e. The molecule has 4 nitrogen and oxygen atoms in total. The minimum atomic E-state index is -4.38. The molecule has 0 amide bonds. The number of hydrogen-bond donors (Lipinski definition) is 2. The first-order chi connectivity index (χ1) is 9.23. The fraction of sp³-hybridized carbons (Fsp3) is 0.462. The van der Waals surface area contributed by atoms with Crippen molar-refractivity contribution >= 4 is 5.78 Å². The van der Waals surface area contributed by atoms with Gasteiger partial charge in [-0.1, -0.05) is 6.92 Å². The molecule has 112 valence electrons. The SMILES string of the molecule is CCCN(CC(=O)c1ccc(O)cc1O)CC(F)(F)F. The molecule has 1 aromatic rings. The van der Waals surface area contributed by atoms with Gasteiger partial charge in [-0.2, -0.15) is 13.2 Å². The fourth-order valence-corrected chi connectivity index (χ4v) is 1.83. The first kappa shape index (κ1) is 16.3. The third kappa shape index (κ3) is 5.08. The second kappa shape index (κ2) is 6.60. The van der Waals surface area contributed by atoms with Crippen LogP contribution in [-0.2, 0) is 0 Å². The van der Waals surface area contributed by atoms with Crippen molar-refractivity contribution in [2.75, 3.05) is 19.6 Å². The summed E-state index contributed by atoms with van der Waals surface area (Å²) in [5, 5.41) is 18.6. The number of carbonyl (C=O) groups is 1. The molecule has 0 spiro atoms. The van der Waals surface area contributed by atoms with Gasteiger partial charge >= 0.3 is 6.18 Å². The van der Waals surface area contributed by atoms with Crippen molar-refractivity contribution in [1.29, 1.82) is 0 Å². The van der Waals surface area contributed by atoms with Crippen LogP contribution in [0.3, 0.4) is 0 Å². The van der Waals surface area contributed by atoms with Crippen LogP contribution in [0.4, 0.5) is 13.2 Å². The summed E-state index contributed by atoms with van der Waals surface area (Å²) in [5.74, 6) is -1.29. The van der Waals surface area contributed by atoms with E-state index in [2.05, 4.69) is 0 Å². The van der Waals surface area contributed by atoms with Crippen LogP contribution >= 0.6 is 0 Å². The Labute approximate surface area is 114 Å². The summed E-state index contributed by atoms with van der Waals surface area (Å²) >= 11 is 0. The molecule has 1 aromatic carbocycles. The molecule has 0 aliphatic rings. The summed E-state index contributed by atoms with van der Waals surface area (Å²) < 4.78 is 37.1. The molecule has 20 heavy (non-hydrogen) atoms. The molecule has 0 heterocycles. The summed E-state index contributed by atoms with van der Waals surface area (Å²) in [6.45, 7) is 0.229. The lowest BCUT2D eigenvalue weighted by atomic mass is 10.1. The highest BCUT2D eigenvalue weighted by Gasteiger charge is 2.31. The van der Waals surface area contributed by atoms with Gasteiger partial charge in [-0.25, -0.2) is 0 Å². The number of hydrogen-bond acceptors (Lipinski definition) is 4. The predicted octanol–water partition coefficient (Wildman–Crippen LogP) is 2.55. The Balaban J connectivity index is 2.79. The smallest absolute Gasteiger partial charge is 0.401 e. The zero-order valence-electron chi connectivity index (χ0n) is 10.9. The third-order valence-corrected chi connectivity index (χ3v) is 2.59. The number of aromatic hydroxyl groups is 2. The number of phenols is 2. The number of halogens is 3. The molecule has 0 unspecified atom stereocenters. The zero-order valence-corrected chi connectivity index (χ0v) is 10.9. The average molecular weight is 291 g/mol. The van der Waals surface area contributed by atoms with E-state index in [1.165, 1.54) is 12.1 Å². The third-order valence-electron chi connectivity index (χ3n) is 2.59. The molecule has 0 fully saturated rings. The van der Waals surface area contributed by atoms with E-state index in [-0.39, 0.29) is 17.9 Å². The van der Waals surface area contributed by atoms with Crippen molar-refractivity contribution in [1.82, 2.24) is 4.90 Å². The highest BCUT2D eigenvalue weighted by atomic mass is 19.4.